The number of rotatable bonds is 4. The molecule has 0 aromatic heterocycles. The van der Waals surface area contributed by atoms with Crippen molar-refractivity contribution in [2.45, 2.75) is 26.4 Å². The van der Waals surface area contributed by atoms with E-state index in [2.05, 4.69) is 0 Å². The molecule has 0 saturated carbocycles. The topological polar surface area (TPSA) is 63.6 Å². The van der Waals surface area contributed by atoms with Gasteiger partial charge in [0.2, 0.25) is 0 Å². The Morgan fingerprint density at radius 2 is 2.18 bits per heavy atom. The first-order valence-electron chi connectivity index (χ1n) is 5.38. The molecule has 0 radical (unpaired) electrons. The predicted octanol–water partition coefficient (Wildman–Crippen LogP) is 2.81. The number of allylic oxidation sites excluding steroid dienone is 4. The average Bonchev–Trinajstić information content (AvgIpc) is 2.22. The Morgan fingerprint density at radius 3 is 2.71 bits per heavy atom. The van der Waals surface area contributed by atoms with Crippen LogP contribution in [0.3, 0.4) is 0 Å². The second-order valence-corrected chi connectivity index (χ2v) is 5.83. The second kappa shape index (κ2) is 5.13. The van der Waals surface area contributed by atoms with E-state index in [9.17, 15) is 14.3 Å². The van der Waals surface area contributed by atoms with Gasteiger partial charge < -0.3 is 4.89 Å². The molecule has 0 fully saturated rings. The van der Waals surface area contributed by atoms with Crippen molar-refractivity contribution < 1.29 is 18.8 Å². The van der Waals surface area contributed by atoms with Gasteiger partial charge in [-0.2, -0.15) is 0 Å². The molecular formula is C12H17O4P. The summed E-state index contributed by atoms with van der Waals surface area (Å²) < 4.78 is 17.0. The van der Waals surface area contributed by atoms with Gasteiger partial charge in [0.05, 0.1) is 5.60 Å². The monoisotopic (exact) mass is 256 g/mol. The van der Waals surface area contributed by atoms with E-state index < -0.39 is 18.7 Å². The summed E-state index contributed by atoms with van der Waals surface area (Å²) in [6.45, 7) is 5.15. The Balaban J connectivity index is 2.91. The fourth-order valence-corrected chi connectivity index (χ4v) is 2.67. The lowest BCUT2D eigenvalue weighted by Gasteiger charge is -2.33. The zero-order valence-corrected chi connectivity index (χ0v) is 11.1. The van der Waals surface area contributed by atoms with Crippen LogP contribution >= 0.6 is 7.60 Å². The summed E-state index contributed by atoms with van der Waals surface area (Å²) in [5, 5.41) is 0. The van der Waals surface area contributed by atoms with E-state index >= 15 is 0 Å². The molecule has 1 aliphatic rings. The molecule has 4 nitrogen and oxygen atoms in total. The van der Waals surface area contributed by atoms with E-state index in [1.807, 2.05) is 19.1 Å². The van der Waals surface area contributed by atoms with Crippen LogP contribution < -0.4 is 0 Å². The van der Waals surface area contributed by atoms with Crippen LogP contribution in [-0.4, -0.2) is 16.0 Å². The fourth-order valence-electron chi connectivity index (χ4n) is 1.48. The van der Waals surface area contributed by atoms with Crippen molar-refractivity contribution in [3.63, 3.8) is 0 Å². The molecule has 1 N–H and O–H groups in total. The standard InChI is InChI=1S/C12H17O4P/c1-4-7-11(13)17(14,15)16-12(3)9-6-5-8-10(12)2/h4-10H,1-3H3,(H,14,15)/b7-4+. The van der Waals surface area contributed by atoms with Gasteiger partial charge in [0, 0.05) is 5.92 Å². The van der Waals surface area contributed by atoms with Crippen molar-refractivity contribution in [3.8, 4) is 0 Å². The van der Waals surface area contributed by atoms with Gasteiger partial charge in [-0.1, -0.05) is 37.3 Å². The van der Waals surface area contributed by atoms with Gasteiger partial charge in [-0.25, -0.2) is 0 Å². The zero-order chi connectivity index (χ0) is 13.1. The van der Waals surface area contributed by atoms with Gasteiger partial charge in [0.25, 0.3) is 5.52 Å². The summed E-state index contributed by atoms with van der Waals surface area (Å²) >= 11 is 0. The van der Waals surface area contributed by atoms with E-state index in [-0.39, 0.29) is 5.92 Å². The summed E-state index contributed by atoms with van der Waals surface area (Å²) in [5.41, 5.74) is -1.83. The molecule has 1 aliphatic carbocycles. The van der Waals surface area contributed by atoms with Gasteiger partial charge in [-0.3, -0.25) is 13.9 Å². The fraction of sp³-hybridized carbons (Fsp3) is 0.417. The Hall–Kier alpha value is -0.960. The minimum atomic E-state index is -4.28. The maximum atomic E-state index is 11.8. The second-order valence-electron chi connectivity index (χ2n) is 4.17. The first-order chi connectivity index (χ1) is 7.82. The third-order valence-corrected chi connectivity index (χ3v) is 4.10. The van der Waals surface area contributed by atoms with Crippen molar-refractivity contribution in [2.75, 3.05) is 0 Å². The largest absolute Gasteiger partial charge is 0.399 e. The van der Waals surface area contributed by atoms with Crippen LogP contribution in [-0.2, 0) is 13.9 Å². The molecule has 0 heterocycles. The molecule has 3 atom stereocenters. The molecule has 0 aliphatic heterocycles. The van der Waals surface area contributed by atoms with Gasteiger partial charge >= 0.3 is 7.60 Å². The van der Waals surface area contributed by atoms with Crippen molar-refractivity contribution in [3.05, 3.63) is 36.5 Å². The number of hydrogen-bond donors (Lipinski definition) is 1. The highest BCUT2D eigenvalue weighted by atomic mass is 31.2. The molecule has 0 spiro atoms. The van der Waals surface area contributed by atoms with Crippen LogP contribution in [0.15, 0.2) is 36.5 Å². The molecule has 1 rings (SSSR count). The van der Waals surface area contributed by atoms with Crippen LogP contribution in [0, 0.1) is 5.92 Å². The van der Waals surface area contributed by atoms with E-state index in [1.165, 1.54) is 6.08 Å². The highest BCUT2D eigenvalue weighted by Crippen LogP contribution is 2.50. The predicted molar refractivity (Wildman–Crippen MR) is 66.6 cm³/mol. The van der Waals surface area contributed by atoms with Gasteiger partial charge in [0.1, 0.15) is 0 Å². The molecule has 0 aromatic carbocycles. The average molecular weight is 256 g/mol. The van der Waals surface area contributed by atoms with E-state index in [0.29, 0.717) is 0 Å². The Kier molecular flexibility index (Phi) is 4.26. The minimum absolute atomic E-state index is 0.0774. The quantitative estimate of drug-likeness (QED) is 0.620. The third-order valence-electron chi connectivity index (χ3n) is 2.75. The Labute approximate surface area is 101 Å². The lowest BCUT2D eigenvalue weighted by Crippen LogP contribution is -2.34. The van der Waals surface area contributed by atoms with Crippen molar-refractivity contribution in [1.82, 2.24) is 0 Å². The van der Waals surface area contributed by atoms with Gasteiger partial charge in [0.15, 0.2) is 0 Å². The van der Waals surface area contributed by atoms with Gasteiger partial charge in [-0.15, -0.1) is 0 Å². The molecular weight excluding hydrogens is 239 g/mol. The van der Waals surface area contributed by atoms with Crippen molar-refractivity contribution in [2.24, 2.45) is 5.92 Å². The van der Waals surface area contributed by atoms with Crippen LogP contribution in [0.5, 0.6) is 0 Å². The van der Waals surface area contributed by atoms with Crippen LogP contribution in [0.1, 0.15) is 20.8 Å². The summed E-state index contributed by atoms with van der Waals surface area (Å²) in [4.78, 5) is 21.0. The first-order valence-corrected chi connectivity index (χ1v) is 6.96. The number of carbonyl (C=O) groups excluding carboxylic acids is 1. The van der Waals surface area contributed by atoms with Crippen LogP contribution in [0.4, 0.5) is 0 Å². The minimum Gasteiger partial charge on any atom is -0.319 e. The van der Waals surface area contributed by atoms with Crippen LogP contribution in [0.25, 0.3) is 0 Å². The summed E-state index contributed by atoms with van der Waals surface area (Å²) in [6.07, 6.45) is 9.59. The highest BCUT2D eigenvalue weighted by Gasteiger charge is 2.40. The molecule has 0 saturated heterocycles. The van der Waals surface area contributed by atoms with Crippen molar-refractivity contribution in [1.29, 1.82) is 0 Å². The molecule has 0 amide bonds. The normalized spacial score (nSPS) is 31.6. The summed E-state index contributed by atoms with van der Waals surface area (Å²) in [5.74, 6) is -0.0774. The summed E-state index contributed by atoms with van der Waals surface area (Å²) in [7, 11) is -4.28. The molecule has 5 heteroatoms. The maximum absolute atomic E-state index is 11.8. The van der Waals surface area contributed by atoms with Crippen molar-refractivity contribution >= 4 is 13.1 Å². The third kappa shape index (κ3) is 3.25. The lowest BCUT2D eigenvalue weighted by atomic mass is 9.87. The SMILES string of the molecule is C/C=C/C(=O)P(=O)(O)OC1(C)C=CC=CC1C. The molecule has 0 aromatic rings. The smallest absolute Gasteiger partial charge is 0.319 e. The maximum Gasteiger partial charge on any atom is 0.399 e. The Morgan fingerprint density at radius 1 is 1.53 bits per heavy atom. The first kappa shape index (κ1) is 14.1. The Bertz CT molecular complexity index is 436. The van der Waals surface area contributed by atoms with E-state index in [4.69, 9.17) is 4.52 Å². The van der Waals surface area contributed by atoms with E-state index in [1.54, 1.807) is 26.0 Å². The molecule has 3 unspecified atom stereocenters. The molecule has 17 heavy (non-hydrogen) atoms. The van der Waals surface area contributed by atoms with Crippen LogP contribution in [0.2, 0.25) is 0 Å². The molecule has 94 valence electrons. The lowest BCUT2D eigenvalue weighted by molar-refractivity contribution is -0.110. The van der Waals surface area contributed by atoms with Gasteiger partial charge in [-0.05, 0) is 19.9 Å². The zero-order valence-electron chi connectivity index (χ0n) is 10.2. The number of carbonyl (C=O) groups is 1. The highest BCUT2D eigenvalue weighted by molar-refractivity contribution is 7.71. The summed E-state index contributed by atoms with van der Waals surface area (Å²) in [6, 6.07) is 0. The molecule has 0 bridgehead atoms. The van der Waals surface area contributed by atoms with E-state index in [0.717, 1.165) is 6.08 Å². The number of hydrogen-bond acceptors (Lipinski definition) is 3.